The van der Waals surface area contributed by atoms with Crippen LogP contribution in [0, 0.1) is 17.7 Å². The third kappa shape index (κ3) is 2.44. The van der Waals surface area contributed by atoms with Crippen LogP contribution in [0.3, 0.4) is 0 Å². The summed E-state index contributed by atoms with van der Waals surface area (Å²) >= 11 is 0. The lowest BCUT2D eigenvalue weighted by Gasteiger charge is -2.23. The molecule has 1 aromatic carbocycles. The summed E-state index contributed by atoms with van der Waals surface area (Å²) in [5.74, 6) is 0.994. The van der Waals surface area contributed by atoms with Gasteiger partial charge in [0.25, 0.3) is 0 Å². The Hall–Kier alpha value is -1.09. The summed E-state index contributed by atoms with van der Waals surface area (Å²) in [7, 11) is 0. The van der Waals surface area contributed by atoms with Crippen LogP contribution in [0.2, 0.25) is 0 Å². The maximum Gasteiger partial charge on any atom is 0.123 e. The normalized spacial score (nSPS) is 26.3. The summed E-state index contributed by atoms with van der Waals surface area (Å²) < 4.78 is 13.2. The Labute approximate surface area is 102 Å². The van der Waals surface area contributed by atoms with Crippen LogP contribution < -0.4 is 4.90 Å². The maximum atomic E-state index is 13.2. The van der Waals surface area contributed by atoms with Gasteiger partial charge in [0.2, 0.25) is 0 Å². The van der Waals surface area contributed by atoms with Crippen LogP contribution in [0.5, 0.6) is 0 Å². The molecule has 17 heavy (non-hydrogen) atoms. The molecule has 0 aromatic heterocycles. The highest BCUT2D eigenvalue weighted by molar-refractivity contribution is 5.55. The number of hydrogen-bond acceptors (Lipinski definition) is 2. The fourth-order valence-corrected chi connectivity index (χ4v) is 2.47. The van der Waals surface area contributed by atoms with E-state index in [1.807, 2.05) is 0 Å². The summed E-state index contributed by atoms with van der Waals surface area (Å²) in [6.07, 6.45) is -0.632. The third-order valence-corrected chi connectivity index (χ3v) is 3.77. The molecule has 1 aliphatic rings. The van der Waals surface area contributed by atoms with Crippen molar-refractivity contribution >= 4 is 5.69 Å². The molecule has 94 valence electrons. The number of aliphatic hydroxyl groups excluding tert-OH is 1. The van der Waals surface area contributed by atoms with E-state index < -0.39 is 6.10 Å². The summed E-state index contributed by atoms with van der Waals surface area (Å²) in [6, 6.07) is 4.69. The van der Waals surface area contributed by atoms with Crippen molar-refractivity contribution in [1.29, 1.82) is 0 Å². The van der Waals surface area contributed by atoms with Crippen molar-refractivity contribution in [2.45, 2.75) is 26.9 Å². The predicted octanol–water partition coefficient (Wildman–Crippen LogP) is 2.97. The minimum Gasteiger partial charge on any atom is -0.389 e. The van der Waals surface area contributed by atoms with E-state index in [1.165, 1.54) is 12.1 Å². The molecule has 0 saturated carbocycles. The van der Waals surface area contributed by atoms with Crippen LogP contribution in [-0.2, 0) is 0 Å². The van der Waals surface area contributed by atoms with Crippen LogP contribution in [0.1, 0.15) is 32.4 Å². The van der Waals surface area contributed by atoms with Crippen molar-refractivity contribution in [3.05, 3.63) is 29.6 Å². The monoisotopic (exact) mass is 237 g/mol. The topological polar surface area (TPSA) is 23.5 Å². The lowest BCUT2D eigenvalue weighted by molar-refractivity contribution is 0.199. The molecule has 2 rings (SSSR count). The molecule has 1 aliphatic heterocycles. The molecule has 2 unspecified atom stereocenters. The van der Waals surface area contributed by atoms with Crippen LogP contribution in [-0.4, -0.2) is 18.2 Å². The number of benzene rings is 1. The highest BCUT2D eigenvalue weighted by Gasteiger charge is 2.28. The van der Waals surface area contributed by atoms with E-state index in [2.05, 4.69) is 18.7 Å². The molecular formula is C14H20FNO. The van der Waals surface area contributed by atoms with Gasteiger partial charge in [-0.3, -0.25) is 0 Å². The fourth-order valence-electron chi connectivity index (χ4n) is 2.47. The van der Waals surface area contributed by atoms with Crippen molar-refractivity contribution in [2.24, 2.45) is 11.8 Å². The minimum atomic E-state index is -0.632. The van der Waals surface area contributed by atoms with Crippen LogP contribution in [0.15, 0.2) is 18.2 Å². The third-order valence-electron chi connectivity index (χ3n) is 3.77. The smallest absolute Gasteiger partial charge is 0.123 e. The molecule has 3 atom stereocenters. The van der Waals surface area contributed by atoms with Gasteiger partial charge in [0.1, 0.15) is 5.82 Å². The molecule has 2 nitrogen and oxygen atoms in total. The molecule has 1 fully saturated rings. The SMILES string of the molecule is CC1CN(c2ccc(F)cc2[C@@H](C)O)CC1C. The minimum absolute atomic E-state index is 0.287. The lowest BCUT2D eigenvalue weighted by atomic mass is 10.0. The predicted molar refractivity (Wildman–Crippen MR) is 67.6 cm³/mol. The van der Waals surface area contributed by atoms with E-state index in [9.17, 15) is 9.50 Å². The highest BCUT2D eigenvalue weighted by Crippen LogP contribution is 2.33. The van der Waals surface area contributed by atoms with Crippen molar-refractivity contribution in [2.75, 3.05) is 18.0 Å². The fraction of sp³-hybridized carbons (Fsp3) is 0.571. The van der Waals surface area contributed by atoms with Crippen molar-refractivity contribution < 1.29 is 9.50 Å². The Balaban J connectivity index is 2.32. The molecule has 0 bridgehead atoms. The molecule has 0 amide bonds. The molecule has 3 heteroatoms. The van der Waals surface area contributed by atoms with Crippen LogP contribution >= 0.6 is 0 Å². The van der Waals surface area contributed by atoms with Gasteiger partial charge < -0.3 is 10.0 Å². The number of anilines is 1. The van der Waals surface area contributed by atoms with E-state index in [0.29, 0.717) is 17.4 Å². The van der Waals surface area contributed by atoms with Gasteiger partial charge in [0.15, 0.2) is 0 Å². The average Bonchev–Trinajstić information content (AvgIpc) is 2.59. The molecule has 0 aliphatic carbocycles. The van der Waals surface area contributed by atoms with E-state index in [0.717, 1.165) is 18.8 Å². The first-order valence-corrected chi connectivity index (χ1v) is 6.21. The number of hydrogen-bond donors (Lipinski definition) is 1. The van der Waals surface area contributed by atoms with E-state index in [4.69, 9.17) is 0 Å². The van der Waals surface area contributed by atoms with Gasteiger partial charge in [0, 0.05) is 24.3 Å². The second-order valence-electron chi connectivity index (χ2n) is 5.24. The molecule has 1 N–H and O–H groups in total. The Morgan fingerprint density at radius 1 is 1.29 bits per heavy atom. The first-order chi connectivity index (χ1) is 7.99. The van der Waals surface area contributed by atoms with Gasteiger partial charge in [-0.2, -0.15) is 0 Å². The largest absolute Gasteiger partial charge is 0.389 e. The zero-order valence-corrected chi connectivity index (χ0v) is 10.7. The number of halogens is 1. The second kappa shape index (κ2) is 4.65. The van der Waals surface area contributed by atoms with Crippen LogP contribution in [0.4, 0.5) is 10.1 Å². The lowest BCUT2D eigenvalue weighted by Crippen LogP contribution is -2.21. The van der Waals surface area contributed by atoms with Gasteiger partial charge in [-0.25, -0.2) is 4.39 Å². The van der Waals surface area contributed by atoms with Gasteiger partial charge >= 0.3 is 0 Å². The number of nitrogens with zero attached hydrogens (tertiary/aromatic N) is 1. The summed E-state index contributed by atoms with van der Waals surface area (Å²) in [4.78, 5) is 2.25. The molecule has 1 heterocycles. The van der Waals surface area contributed by atoms with Crippen LogP contribution in [0.25, 0.3) is 0 Å². The van der Waals surface area contributed by atoms with Crippen molar-refractivity contribution in [3.63, 3.8) is 0 Å². The maximum absolute atomic E-state index is 13.2. The standard InChI is InChI=1S/C14H20FNO/c1-9-7-16(8-10(9)2)14-5-4-12(15)6-13(14)11(3)17/h4-6,9-11,17H,7-8H2,1-3H3/t9?,10?,11-/m1/s1. The Bertz CT molecular complexity index is 395. The Kier molecular flexibility index (Phi) is 3.38. The summed E-state index contributed by atoms with van der Waals surface area (Å²) in [6.45, 7) is 8.10. The van der Waals surface area contributed by atoms with E-state index in [-0.39, 0.29) is 5.82 Å². The van der Waals surface area contributed by atoms with E-state index in [1.54, 1.807) is 13.0 Å². The molecular weight excluding hydrogens is 217 g/mol. The van der Waals surface area contributed by atoms with Crippen molar-refractivity contribution in [3.8, 4) is 0 Å². The van der Waals surface area contributed by atoms with Gasteiger partial charge in [-0.15, -0.1) is 0 Å². The molecule has 0 radical (unpaired) electrons. The van der Waals surface area contributed by atoms with Gasteiger partial charge in [0.05, 0.1) is 6.10 Å². The molecule has 0 spiro atoms. The zero-order chi connectivity index (χ0) is 12.6. The molecule has 1 saturated heterocycles. The number of rotatable bonds is 2. The zero-order valence-electron chi connectivity index (χ0n) is 10.7. The first-order valence-electron chi connectivity index (χ1n) is 6.21. The first kappa shape index (κ1) is 12.4. The highest BCUT2D eigenvalue weighted by atomic mass is 19.1. The summed E-state index contributed by atoms with van der Waals surface area (Å²) in [5.41, 5.74) is 1.66. The van der Waals surface area contributed by atoms with Gasteiger partial charge in [-0.05, 0) is 37.0 Å². The quantitative estimate of drug-likeness (QED) is 0.854. The van der Waals surface area contributed by atoms with Gasteiger partial charge in [-0.1, -0.05) is 13.8 Å². The number of aliphatic hydroxyl groups is 1. The van der Waals surface area contributed by atoms with Crippen molar-refractivity contribution in [1.82, 2.24) is 0 Å². The molecule has 1 aromatic rings. The Morgan fingerprint density at radius 2 is 1.88 bits per heavy atom. The van der Waals surface area contributed by atoms with E-state index >= 15 is 0 Å². The summed E-state index contributed by atoms with van der Waals surface area (Å²) in [5, 5.41) is 9.73. The average molecular weight is 237 g/mol. The second-order valence-corrected chi connectivity index (χ2v) is 5.24. The Morgan fingerprint density at radius 3 is 2.41 bits per heavy atom.